The number of hydrogen-bond acceptors (Lipinski definition) is 4. The van der Waals surface area contributed by atoms with E-state index in [1.165, 1.54) is 12.0 Å². The van der Waals surface area contributed by atoms with Gasteiger partial charge in [-0.1, -0.05) is 6.07 Å². The van der Waals surface area contributed by atoms with Gasteiger partial charge in [-0.2, -0.15) is 18.2 Å². The minimum absolute atomic E-state index is 0.0364. The Bertz CT molecular complexity index is 553. The van der Waals surface area contributed by atoms with Crippen LogP contribution in [-0.4, -0.2) is 55.3 Å². The molecule has 0 atom stereocenters. The number of rotatable bonds is 3. The molecule has 0 spiro atoms. The molecule has 1 aromatic rings. The summed E-state index contributed by atoms with van der Waals surface area (Å²) in [5.41, 5.74) is 0. The van der Waals surface area contributed by atoms with Gasteiger partial charge in [0.15, 0.2) is 0 Å². The number of ether oxygens (including phenoxy) is 1. The van der Waals surface area contributed by atoms with Crippen LogP contribution >= 0.6 is 0 Å². The van der Waals surface area contributed by atoms with E-state index in [9.17, 15) is 18.0 Å². The van der Waals surface area contributed by atoms with E-state index in [1.54, 1.807) is 6.07 Å². The monoisotopic (exact) mass is 315 g/mol. The summed E-state index contributed by atoms with van der Waals surface area (Å²) in [6.45, 7) is 1.71. The standard InChI is InChI=1S/C14H16F3N3O2/c1-22-12-4-2-3-11(18-12)19-7-9-20(10-8-19)13(21)5-6-14(15,16)17/h2-6H,7-10H2,1H3/b6-5+. The highest BCUT2D eigenvalue weighted by atomic mass is 19.4. The third-order valence-corrected chi connectivity index (χ3v) is 3.25. The van der Waals surface area contributed by atoms with Gasteiger partial charge in [-0.3, -0.25) is 4.79 Å². The molecule has 0 bridgehead atoms. The average Bonchev–Trinajstić information content (AvgIpc) is 2.52. The quantitative estimate of drug-likeness (QED) is 0.799. The third kappa shape index (κ3) is 4.37. The fourth-order valence-electron chi connectivity index (χ4n) is 2.12. The number of carbonyl (C=O) groups excluding carboxylic acids is 1. The van der Waals surface area contributed by atoms with E-state index >= 15 is 0 Å². The van der Waals surface area contributed by atoms with Gasteiger partial charge < -0.3 is 14.5 Å². The van der Waals surface area contributed by atoms with Crippen molar-refractivity contribution in [1.82, 2.24) is 9.88 Å². The molecule has 1 fully saturated rings. The molecular formula is C14H16F3N3O2. The van der Waals surface area contributed by atoms with Crippen molar-refractivity contribution in [3.05, 3.63) is 30.4 Å². The molecular weight excluding hydrogens is 299 g/mol. The second kappa shape index (κ2) is 6.67. The van der Waals surface area contributed by atoms with Crippen molar-refractivity contribution in [3.63, 3.8) is 0 Å². The van der Waals surface area contributed by atoms with Crippen LogP contribution in [0.25, 0.3) is 0 Å². The number of pyridine rings is 1. The number of methoxy groups -OCH3 is 1. The smallest absolute Gasteiger partial charge is 0.409 e. The van der Waals surface area contributed by atoms with Crippen LogP contribution in [-0.2, 0) is 4.79 Å². The van der Waals surface area contributed by atoms with Gasteiger partial charge in [0, 0.05) is 44.4 Å². The second-order valence-corrected chi connectivity index (χ2v) is 4.73. The van der Waals surface area contributed by atoms with Crippen molar-refractivity contribution in [1.29, 1.82) is 0 Å². The Balaban J connectivity index is 1.92. The molecule has 0 radical (unpaired) electrons. The molecule has 120 valence electrons. The molecule has 22 heavy (non-hydrogen) atoms. The lowest BCUT2D eigenvalue weighted by Gasteiger charge is -2.35. The number of allylic oxidation sites excluding steroid dienone is 1. The molecule has 0 saturated carbocycles. The zero-order valence-electron chi connectivity index (χ0n) is 12.0. The molecule has 1 aliphatic heterocycles. The predicted molar refractivity (Wildman–Crippen MR) is 74.8 cm³/mol. The van der Waals surface area contributed by atoms with Crippen molar-refractivity contribution in [2.75, 3.05) is 38.2 Å². The molecule has 8 heteroatoms. The first-order valence-electron chi connectivity index (χ1n) is 6.70. The lowest BCUT2D eigenvalue weighted by Crippen LogP contribution is -2.48. The fraction of sp³-hybridized carbons (Fsp3) is 0.429. The number of piperazine rings is 1. The largest absolute Gasteiger partial charge is 0.481 e. The second-order valence-electron chi connectivity index (χ2n) is 4.73. The Labute approximate surface area is 126 Å². The number of carbonyl (C=O) groups is 1. The van der Waals surface area contributed by atoms with Crippen LogP contribution in [0.2, 0.25) is 0 Å². The number of nitrogens with zero attached hydrogens (tertiary/aromatic N) is 3. The van der Waals surface area contributed by atoms with E-state index in [0.717, 1.165) is 5.82 Å². The van der Waals surface area contributed by atoms with Crippen LogP contribution in [0.5, 0.6) is 5.88 Å². The molecule has 0 aromatic carbocycles. The van der Waals surface area contributed by atoms with Gasteiger partial charge >= 0.3 is 6.18 Å². The van der Waals surface area contributed by atoms with Crippen LogP contribution < -0.4 is 9.64 Å². The molecule has 1 amide bonds. The minimum Gasteiger partial charge on any atom is -0.481 e. The molecule has 0 N–H and O–H groups in total. The zero-order valence-corrected chi connectivity index (χ0v) is 12.0. The van der Waals surface area contributed by atoms with E-state index < -0.39 is 12.1 Å². The summed E-state index contributed by atoms with van der Waals surface area (Å²) in [5, 5.41) is 0. The van der Waals surface area contributed by atoms with Gasteiger partial charge in [0.1, 0.15) is 5.82 Å². The van der Waals surface area contributed by atoms with Crippen molar-refractivity contribution in [2.24, 2.45) is 0 Å². The normalized spacial score (nSPS) is 16.2. The maximum atomic E-state index is 12.1. The molecule has 2 heterocycles. The van der Waals surface area contributed by atoms with Gasteiger partial charge in [0.2, 0.25) is 11.8 Å². The van der Waals surface area contributed by atoms with Gasteiger partial charge in [-0.15, -0.1) is 0 Å². The zero-order chi connectivity index (χ0) is 16.2. The van der Waals surface area contributed by atoms with E-state index in [-0.39, 0.29) is 6.08 Å². The molecule has 2 rings (SSSR count). The van der Waals surface area contributed by atoms with E-state index in [1.807, 2.05) is 17.0 Å². The Morgan fingerprint density at radius 3 is 2.55 bits per heavy atom. The summed E-state index contributed by atoms with van der Waals surface area (Å²) >= 11 is 0. The van der Waals surface area contributed by atoms with Gasteiger partial charge in [0.05, 0.1) is 7.11 Å². The van der Waals surface area contributed by atoms with Crippen LogP contribution in [0.3, 0.4) is 0 Å². The molecule has 1 aliphatic rings. The highest BCUT2D eigenvalue weighted by Gasteiger charge is 2.25. The topological polar surface area (TPSA) is 45.7 Å². The number of amides is 1. The first-order chi connectivity index (χ1) is 10.4. The van der Waals surface area contributed by atoms with Crippen molar-refractivity contribution >= 4 is 11.7 Å². The predicted octanol–water partition coefficient (Wildman–Crippen LogP) is 1.86. The third-order valence-electron chi connectivity index (χ3n) is 3.25. The first kappa shape index (κ1) is 16.1. The van der Waals surface area contributed by atoms with Gasteiger partial charge in [0.25, 0.3) is 0 Å². The van der Waals surface area contributed by atoms with E-state index in [4.69, 9.17) is 4.74 Å². The number of alkyl halides is 3. The van der Waals surface area contributed by atoms with Gasteiger partial charge in [-0.25, -0.2) is 0 Å². The Morgan fingerprint density at radius 2 is 1.95 bits per heavy atom. The Hall–Kier alpha value is -2.25. The lowest BCUT2D eigenvalue weighted by molar-refractivity contribution is -0.127. The molecule has 5 nitrogen and oxygen atoms in total. The SMILES string of the molecule is COc1cccc(N2CCN(C(=O)/C=C/C(F)(F)F)CC2)n1. The summed E-state index contributed by atoms with van der Waals surface area (Å²) in [7, 11) is 1.52. The molecule has 0 unspecified atom stereocenters. The molecule has 0 aliphatic carbocycles. The fourth-order valence-corrected chi connectivity index (χ4v) is 2.12. The summed E-state index contributed by atoms with van der Waals surface area (Å²) in [4.78, 5) is 19.3. The Morgan fingerprint density at radius 1 is 1.27 bits per heavy atom. The lowest BCUT2D eigenvalue weighted by atomic mass is 10.3. The van der Waals surface area contributed by atoms with Crippen LogP contribution in [0.15, 0.2) is 30.4 Å². The molecule has 1 saturated heterocycles. The summed E-state index contributed by atoms with van der Waals surface area (Å²) in [6.07, 6.45) is -3.94. The highest BCUT2D eigenvalue weighted by molar-refractivity contribution is 5.87. The number of halogens is 3. The highest BCUT2D eigenvalue weighted by Crippen LogP contribution is 2.18. The maximum Gasteiger partial charge on any atom is 0.409 e. The summed E-state index contributed by atoms with van der Waals surface area (Å²) in [5.74, 6) is 0.581. The molecule has 1 aromatic heterocycles. The minimum atomic E-state index is -4.47. The van der Waals surface area contributed by atoms with E-state index in [0.29, 0.717) is 38.1 Å². The van der Waals surface area contributed by atoms with Gasteiger partial charge in [-0.05, 0) is 6.07 Å². The number of hydrogen-bond donors (Lipinski definition) is 0. The summed E-state index contributed by atoms with van der Waals surface area (Å²) < 4.78 is 41.2. The van der Waals surface area contributed by atoms with Crippen molar-refractivity contribution in [3.8, 4) is 5.88 Å². The average molecular weight is 315 g/mol. The van der Waals surface area contributed by atoms with Crippen LogP contribution in [0.4, 0.5) is 19.0 Å². The number of anilines is 1. The summed E-state index contributed by atoms with van der Waals surface area (Å²) in [6, 6.07) is 5.36. The van der Waals surface area contributed by atoms with E-state index in [2.05, 4.69) is 4.98 Å². The first-order valence-corrected chi connectivity index (χ1v) is 6.70. The number of aromatic nitrogens is 1. The van der Waals surface area contributed by atoms with Crippen LogP contribution in [0.1, 0.15) is 0 Å². The van der Waals surface area contributed by atoms with Crippen LogP contribution in [0, 0.1) is 0 Å². The van der Waals surface area contributed by atoms with Crippen molar-refractivity contribution in [2.45, 2.75) is 6.18 Å². The maximum absolute atomic E-state index is 12.1. The Kier molecular flexibility index (Phi) is 4.89. The van der Waals surface area contributed by atoms with Crippen molar-refractivity contribution < 1.29 is 22.7 Å².